The summed E-state index contributed by atoms with van der Waals surface area (Å²) in [5.41, 5.74) is 2.02. The minimum Gasteiger partial charge on any atom is -0.489 e. The molecule has 2 aromatic carbocycles. The topological polar surface area (TPSA) is 30.5 Å². The maximum absolute atomic E-state index is 12.9. The molecule has 0 amide bonds. The Morgan fingerprint density at radius 1 is 1.12 bits per heavy atom. The van der Waals surface area contributed by atoms with Crippen molar-refractivity contribution in [1.29, 1.82) is 0 Å². The molecular weight excluding hydrogens is 397 g/mol. The van der Waals surface area contributed by atoms with Gasteiger partial charge in [0, 0.05) is 30.3 Å². The Morgan fingerprint density at radius 2 is 1.88 bits per heavy atom. The van der Waals surface area contributed by atoms with Crippen molar-refractivity contribution in [2.75, 3.05) is 20.3 Å². The Balaban J connectivity index is 0.00000288. The molecule has 24 heavy (non-hydrogen) atoms. The van der Waals surface area contributed by atoms with Crippen LogP contribution < -0.4 is 10.1 Å². The van der Waals surface area contributed by atoms with Crippen molar-refractivity contribution in [3.8, 4) is 5.75 Å². The molecule has 0 aliphatic carbocycles. The maximum Gasteiger partial charge on any atom is 0.124 e. The largest absolute Gasteiger partial charge is 0.489 e. The summed E-state index contributed by atoms with van der Waals surface area (Å²) in [6.07, 6.45) is 0.969. The lowest BCUT2D eigenvalue weighted by Crippen LogP contribution is -2.16. The van der Waals surface area contributed by atoms with Gasteiger partial charge in [-0.3, -0.25) is 0 Å². The Kier molecular flexibility index (Phi) is 9.95. The van der Waals surface area contributed by atoms with Crippen LogP contribution in [0.1, 0.15) is 17.5 Å². The molecule has 0 unspecified atom stereocenters. The summed E-state index contributed by atoms with van der Waals surface area (Å²) in [4.78, 5) is 0. The van der Waals surface area contributed by atoms with Crippen LogP contribution in [0.15, 0.2) is 46.9 Å². The van der Waals surface area contributed by atoms with E-state index >= 15 is 0 Å². The van der Waals surface area contributed by atoms with E-state index in [-0.39, 0.29) is 18.2 Å². The van der Waals surface area contributed by atoms with E-state index in [1.807, 2.05) is 18.2 Å². The van der Waals surface area contributed by atoms with Crippen LogP contribution in [0.3, 0.4) is 0 Å². The first-order valence-corrected chi connectivity index (χ1v) is 8.33. The number of methoxy groups -OCH3 is 1. The van der Waals surface area contributed by atoms with Crippen LogP contribution in [-0.2, 0) is 17.9 Å². The smallest absolute Gasteiger partial charge is 0.124 e. The van der Waals surface area contributed by atoms with E-state index in [0.29, 0.717) is 6.61 Å². The molecule has 0 aromatic heterocycles. The Labute approximate surface area is 157 Å². The lowest BCUT2D eigenvalue weighted by atomic mass is 10.2. The second-order valence-corrected chi connectivity index (χ2v) is 6.11. The van der Waals surface area contributed by atoms with E-state index in [4.69, 9.17) is 9.47 Å². The van der Waals surface area contributed by atoms with Crippen molar-refractivity contribution in [3.05, 3.63) is 63.9 Å². The van der Waals surface area contributed by atoms with Gasteiger partial charge < -0.3 is 14.8 Å². The van der Waals surface area contributed by atoms with Crippen molar-refractivity contribution < 1.29 is 13.9 Å². The van der Waals surface area contributed by atoms with Crippen LogP contribution in [0.4, 0.5) is 4.39 Å². The van der Waals surface area contributed by atoms with Crippen LogP contribution in [0.5, 0.6) is 5.75 Å². The molecular formula is C18H22BrClFNO2. The zero-order valence-corrected chi connectivity index (χ0v) is 16.0. The van der Waals surface area contributed by atoms with Crippen molar-refractivity contribution in [1.82, 2.24) is 5.32 Å². The van der Waals surface area contributed by atoms with Gasteiger partial charge in [0.1, 0.15) is 18.2 Å². The monoisotopic (exact) mass is 417 g/mol. The van der Waals surface area contributed by atoms with Crippen LogP contribution in [0, 0.1) is 5.82 Å². The second-order valence-electron chi connectivity index (χ2n) is 5.19. The molecule has 0 radical (unpaired) electrons. The number of hydrogen-bond donors (Lipinski definition) is 1. The Hall–Kier alpha value is -1.14. The lowest BCUT2D eigenvalue weighted by Gasteiger charge is -2.13. The first-order valence-electron chi connectivity index (χ1n) is 7.54. The third-order valence-corrected chi connectivity index (χ3v) is 3.84. The van der Waals surface area contributed by atoms with Crippen molar-refractivity contribution in [2.45, 2.75) is 19.6 Å². The summed E-state index contributed by atoms with van der Waals surface area (Å²) < 4.78 is 24.9. The zero-order valence-electron chi connectivity index (χ0n) is 13.6. The number of nitrogens with one attached hydrogen (secondary N) is 1. The Morgan fingerprint density at radius 3 is 2.58 bits per heavy atom. The van der Waals surface area contributed by atoms with Gasteiger partial charge in [0.15, 0.2) is 0 Å². The SMILES string of the molecule is COCCCNCc1cc(Br)ccc1OCc1ccc(F)cc1.Cl. The standard InChI is InChI=1S/C18H21BrFNO2.ClH/c1-22-10-2-9-21-12-15-11-16(19)5-8-18(15)23-13-14-3-6-17(20)7-4-14;/h3-8,11,21H,2,9-10,12-13H2,1H3;1H. The molecule has 0 fully saturated rings. The fraction of sp³-hybridized carbons (Fsp3) is 0.333. The molecule has 0 atom stereocenters. The van der Waals surface area contributed by atoms with Crippen molar-refractivity contribution in [2.24, 2.45) is 0 Å². The highest BCUT2D eigenvalue weighted by Crippen LogP contribution is 2.24. The van der Waals surface area contributed by atoms with Gasteiger partial charge in [0.05, 0.1) is 0 Å². The summed E-state index contributed by atoms with van der Waals surface area (Å²) in [5, 5.41) is 3.38. The molecule has 0 aliphatic rings. The molecule has 2 aromatic rings. The van der Waals surface area contributed by atoms with Gasteiger partial charge in [-0.25, -0.2) is 4.39 Å². The third kappa shape index (κ3) is 7.18. The molecule has 132 valence electrons. The van der Waals surface area contributed by atoms with E-state index in [9.17, 15) is 4.39 Å². The number of halogens is 3. The summed E-state index contributed by atoms with van der Waals surface area (Å²) >= 11 is 3.49. The average Bonchev–Trinajstić information content (AvgIpc) is 2.55. The number of hydrogen-bond acceptors (Lipinski definition) is 3. The van der Waals surface area contributed by atoms with E-state index in [1.165, 1.54) is 12.1 Å². The van der Waals surface area contributed by atoms with Gasteiger partial charge in [0.25, 0.3) is 0 Å². The highest BCUT2D eigenvalue weighted by molar-refractivity contribution is 9.10. The van der Waals surface area contributed by atoms with E-state index in [2.05, 4.69) is 21.2 Å². The summed E-state index contributed by atoms with van der Waals surface area (Å²) in [5.74, 6) is 0.593. The van der Waals surface area contributed by atoms with Crippen LogP contribution in [0.2, 0.25) is 0 Å². The molecule has 0 heterocycles. The van der Waals surface area contributed by atoms with E-state index in [0.717, 1.165) is 47.5 Å². The first-order chi connectivity index (χ1) is 11.2. The van der Waals surface area contributed by atoms with Gasteiger partial charge >= 0.3 is 0 Å². The highest BCUT2D eigenvalue weighted by atomic mass is 79.9. The quantitative estimate of drug-likeness (QED) is 0.598. The van der Waals surface area contributed by atoms with Crippen molar-refractivity contribution >= 4 is 28.3 Å². The minimum absolute atomic E-state index is 0. The molecule has 2 rings (SSSR count). The molecule has 3 nitrogen and oxygen atoms in total. The van der Waals surface area contributed by atoms with Gasteiger partial charge in [0.2, 0.25) is 0 Å². The zero-order chi connectivity index (χ0) is 16.5. The number of benzene rings is 2. The van der Waals surface area contributed by atoms with Crippen LogP contribution >= 0.6 is 28.3 Å². The fourth-order valence-corrected chi connectivity index (χ4v) is 2.54. The average molecular weight is 419 g/mol. The number of rotatable bonds is 9. The molecule has 0 aliphatic heterocycles. The minimum atomic E-state index is -0.238. The van der Waals surface area contributed by atoms with Crippen molar-refractivity contribution in [3.63, 3.8) is 0 Å². The number of ether oxygens (including phenoxy) is 2. The highest BCUT2D eigenvalue weighted by Gasteiger charge is 2.05. The third-order valence-electron chi connectivity index (χ3n) is 3.35. The fourth-order valence-electron chi connectivity index (χ4n) is 2.13. The molecule has 0 saturated heterocycles. The first kappa shape index (κ1) is 20.9. The van der Waals surface area contributed by atoms with Crippen LogP contribution in [-0.4, -0.2) is 20.3 Å². The van der Waals surface area contributed by atoms with Gasteiger partial charge in [-0.2, -0.15) is 0 Å². The summed E-state index contributed by atoms with van der Waals surface area (Å²) in [7, 11) is 1.70. The van der Waals surface area contributed by atoms with E-state index in [1.54, 1.807) is 19.2 Å². The summed E-state index contributed by atoms with van der Waals surface area (Å²) in [6.45, 7) is 2.78. The van der Waals surface area contributed by atoms with Gasteiger partial charge in [-0.05, 0) is 48.9 Å². The second kappa shape index (κ2) is 11.4. The molecule has 0 spiro atoms. The van der Waals surface area contributed by atoms with Crippen LogP contribution in [0.25, 0.3) is 0 Å². The Bertz CT molecular complexity index is 610. The molecule has 0 bridgehead atoms. The van der Waals surface area contributed by atoms with Gasteiger partial charge in [-0.15, -0.1) is 12.4 Å². The summed E-state index contributed by atoms with van der Waals surface area (Å²) in [6, 6.07) is 12.3. The molecule has 0 saturated carbocycles. The van der Waals surface area contributed by atoms with E-state index < -0.39 is 0 Å². The predicted molar refractivity (Wildman–Crippen MR) is 100 cm³/mol. The van der Waals surface area contributed by atoms with Gasteiger partial charge in [-0.1, -0.05) is 28.1 Å². The lowest BCUT2D eigenvalue weighted by molar-refractivity contribution is 0.194. The normalized spacial score (nSPS) is 10.3. The predicted octanol–water partition coefficient (Wildman–Crippen LogP) is 4.72. The molecule has 6 heteroatoms. The maximum atomic E-state index is 12.9. The molecule has 1 N–H and O–H groups in total.